The van der Waals surface area contributed by atoms with Crippen LogP contribution in [0.25, 0.3) is 0 Å². The van der Waals surface area contributed by atoms with Gasteiger partial charge in [0.1, 0.15) is 25.4 Å². The number of ether oxygens (including phenoxy) is 3. The van der Waals surface area contributed by atoms with Gasteiger partial charge in [-0.1, -0.05) is 193 Å². The highest BCUT2D eigenvalue weighted by atomic mass is 31.2. The summed E-state index contributed by atoms with van der Waals surface area (Å²) in [5.41, 5.74) is 0. The first-order chi connectivity index (χ1) is 35.2. The number of phosphoric acid groups is 2. The molecule has 0 fully saturated rings. The third-order valence-electron chi connectivity index (χ3n) is 12.1. The Morgan fingerprint density at radius 1 is 0.370 bits per heavy atom. The number of aliphatic hydroxyl groups is 2. The standard InChI is InChI=1S/C55H104O16P2/c1-4-7-10-13-16-19-22-23-24-25-28-30-32-35-38-41-53(58)65-44-50(56)45-67-72(61,62)68-46-51(57)47-69-73(63,64)70-49-52(71-55(60)43-40-37-34-31-27-21-18-15-12-9-6-3)48-66-54(59)42-39-36-33-29-26-20-17-14-11-8-5-2/h14,17,23-24,50-52,56-57H,4-13,15-16,18-22,25-49H2,1-3H3,(H,61,62)(H,63,64)/b17-14-,24-23-. The van der Waals surface area contributed by atoms with Gasteiger partial charge in [-0.2, -0.15) is 0 Å². The van der Waals surface area contributed by atoms with E-state index in [-0.39, 0.29) is 19.3 Å². The summed E-state index contributed by atoms with van der Waals surface area (Å²) in [5.74, 6) is -1.58. The van der Waals surface area contributed by atoms with Gasteiger partial charge in [-0.05, 0) is 64.2 Å². The highest BCUT2D eigenvalue weighted by Crippen LogP contribution is 2.45. The van der Waals surface area contributed by atoms with Crippen LogP contribution in [-0.2, 0) is 55.8 Å². The molecule has 0 amide bonds. The molecule has 4 N–H and O–H groups in total. The van der Waals surface area contributed by atoms with Crippen LogP contribution in [0.2, 0.25) is 0 Å². The van der Waals surface area contributed by atoms with Gasteiger partial charge in [-0.15, -0.1) is 0 Å². The largest absolute Gasteiger partial charge is 0.472 e. The van der Waals surface area contributed by atoms with Crippen molar-refractivity contribution >= 4 is 33.6 Å². The fourth-order valence-corrected chi connectivity index (χ4v) is 9.25. The van der Waals surface area contributed by atoms with Crippen molar-refractivity contribution in [3.05, 3.63) is 24.3 Å². The number of hydrogen-bond donors (Lipinski definition) is 4. The monoisotopic (exact) mass is 1080 g/mol. The average molecular weight is 1080 g/mol. The molecule has 0 aliphatic carbocycles. The molecule has 0 aromatic rings. The molecule has 0 heterocycles. The Balaban J connectivity index is 4.62. The highest BCUT2D eigenvalue weighted by molar-refractivity contribution is 7.47. The summed E-state index contributed by atoms with van der Waals surface area (Å²) in [5, 5.41) is 20.4. The number of esters is 3. The number of hydrogen-bond acceptors (Lipinski definition) is 14. The fourth-order valence-electron chi connectivity index (χ4n) is 7.66. The molecule has 0 radical (unpaired) electrons. The van der Waals surface area contributed by atoms with Crippen LogP contribution in [0.5, 0.6) is 0 Å². The van der Waals surface area contributed by atoms with Gasteiger partial charge in [0.15, 0.2) is 6.10 Å². The molecule has 0 bridgehead atoms. The van der Waals surface area contributed by atoms with Gasteiger partial charge in [-0.25, -0.2) is 9.13 Å². The van der Waals surface area contributed by atoms with E-state index in [9.17, 15) is 43.5 Å². The first kappa shape index (κ1) is 71.0. The summed E-state index contributed by atoms with van der Waals surface area (Å²) in [4.78, 5) is 57.8. The highest BCUT2D eigenvalue weighted by Gasteiger charge is 2.29. The molecule has 73 heavy (non-hydrogen) atoms. The smallest absolute Gasteiger partial charge is 0.463 e. The van der Waals surface area contributed by atoms with Crippen LogP contribution >= 0.6 is 15.6 Å². The van der Waals surface area contributed by atoms with Crippen LogP contribution in [0.1, 0.15) is 252 Å². The first-order valence-electron chi connectivity index (χ1n) is 28.6. The lowest BCUT2D eigenvalue weighted by atomic mass is 10.1. The zero-order valence-electron chi connectivity index (χ0n) is 45.8. The summed E-state index contributed by atoms with van der Waals surface area (Å²) in [6.45, 7) is 2.59. The van der Waals surface area contributed by atoms with Gasteiger partial charge in [0.25, 0.3) is 0 Å². The van der Waals surface area contributed by atoms with Crippen molar-refractivity contribution in [1.82, 2.24) is 0 Å². The van der Waals surface area contributed by atoms with Crippen LogP contribution in [0, 0.1) is 0 Å². The second kappa shape index (κ2) is 50.8. The summed E-state index contributed by atoms with van der Waals surface area (Å²) < 4.78 is 60.4. The Bertz CT molecular complexity index is 1460. The molecule has 16 nitrogen and oxygen atoms in total. The molecule has 0 saturated heterocycles. The fraction of sp³-hybridized carbons (Fsp3) is 0.873. The van der Waals surface area contributed by atoms with E-state index >= 15 is 0 Å². The minimum Gasteiger partial charge on any atom is -0.463 e. The predicted molar refractivity (Wildman–Crippen MR) is 289 cm³/mol. The van der Waals surface area contributed by atoms with Crippen LogP contribution in [-0.4, -0.2) is 95.9 Å². The maximum atomic E-state index is 12.8. The number of carbonyl (C=O) groups is 3. The molecule has 430 valence electrons. The summed E-state index contributed by atoms with van der Waals surface area (Å²) >= 11 is 0. The molecule has 5 atom stereocenters. The van der Waals surface area contributed by atoms with E-state index in [1.54, 1.807) is 0 Å². The molecule has 0 aromatic heterocycles. The normalized spacial score (nSPS) is 14.8. The second-order valence-electron chi connectivity index (χ2n) is 19.4. The van der Waals surface area contributed by atoms with Gasteiger partial charge in [0, 0.05) is 19.3 Å². The molecule has 0 spiro atoms. The molecule has 0 aromatic carbocycles. The topological polar surface area (TPSA) is 231 Å². The van der Waals surface area contributed by atoms with Gasteiger partial charge in [0.05, 0.1) is 26.4 Å². The summed E-state index contributed by atoms with van der Waals surface area (Å²) in [6, 6.07) is 0. The lowest BCUT2D eigenvalue weighted by molar-refractivity contribution is -0.161. The van der Waals surface area contributed by atoms with Gasteiger partial charge < -0.3 is 34.2 Å². The van der Waals surface area contributed by atoms with Crippen LogP contribution in [0.4, 0.5) is 0 Å². The zero-order valence-corrected chi connectivity index (χ0v) is 47.6. The third-order valence-corrected chi connectivity index (χ3v) is 14.1. The van der Waals surface area contributed by atoms with Crippen LogP contribution in [0.3, 0.4) is 0 Å². The minimum atomic E-state index is -4.90. The maximum absolute atomic E-state index is 12.8. The van der Waals surface area contributed by atoms with Crippen molar-refractivity contribution < 1.29 is 75.8 Å². The van der Waals surface area contributed by atoms with Gasteiger partial charge in [-0.3, -0.25) is 32.5 Å². The SMILES string of the molecule is CCCC/C=C\CCCCCCCC(=O)OCC(COP(=O)(O)OCC(O)COP(=O)(O)OCC(O)COC(=O)CCCCCCC/C=C\CCCCCCCC)OC(=O)CCCCCCCCCCCCC. The van der Waals surface area contributed by atoms with E-state index in [4.69, 9.17) is 32.3 Å². The van der Waals surface area contributed by atoms with Crippen molar-refractivity contribution in [3.63, 3.8) is 0 Å². The summed E-state index contributed by atoms with van der Waals surface area (Å²) in [6.07, 6.45) is 41.2. The van der Waals surface area contributed by atoms with Crippen LogP contribution in [0.15, 0.2) is 24.3 Å². The predicted octanol–water partition coefficient (Wildman–Crippen LogP) is 14.2. The lowest BCUT2D eigenvalue weighted by Crippen LogP contribution is -2.30. The Labute approximate surface area is 442 Å². The van der Waals surface area contributed by atoms with Gasteiger partial charge >= 0.3 is 33.6 Å². The average Bonchev–Trinajstić information content (AvgIpc) is 3.36. The van der Waals surface area contributed by atoms with Crippen molar-refractivity contribution in [3.8, 4) is 0 Å². The lowest BCUT2D eigenvalue weighted by Gasteiger charge is -2.21. The molecule has 0 aliphatic heterocycles. The molecule has 0 aliphatic rings. The zero-order chi connectivity index (χ0) is 53.9. The third kappa shape index (κ3) is 51.9. The maximum Gasteiger partial charge on any atom is 0.472 e. The Hall–Kier alpha value is -1.97. The molecule has 18 heteroatoms. The minimum absolute atomic E-state index is 0.110. The molecule has 0 saturated carbocycles. The number of aliphatic hydroxyl groups excluding tert-OH is 2. The van der Waals surface area contributed by atoms with E-state index in [1.807, 2.05) is 0 Å². The Kier molecular flexibility index (Phi) is 49.5. The van der Waals surface area contributed by atoms with E-state index in [0.717, 1.165) is 103 Å². The molecule has 5 unspecified atom stereocenters. The molecular formula is C55H104O16P2. The molecule has 0 rings (SSSR count). The van der Waals surface area contributed by atoms with Crippen molar-refractivity contribution in [2.75, 3.05) is 39.6 Å². The van der Waals surface area contributed by atoms with E-state index in [2.05, 4.69) is 45.1 Å². The van der Waals surface area contributed by atoms with E-state index in [0.29, 0.717) is 19.3 Å². The van der Waals surface area contributed by atoms with Crippen molar-refractivity contribution in [2.45, 2.75) is 270 Å². The van der Waals surface area contributed by atoms with E-state index in [1.165, 1.54) is 89.9 Å². The second-order valence-corrected chi connectivity index (χ2v) is 22.4. The van der Waals surface area contributed by atoms with E-state index < -0.39 is 91.5 Å². The van der Waals surface area contributed by atoms with Crippen LogP contribution < -0.4 is 0 Å². The number of allylic oxidation sites excluding steroid dienone is 4. The first-order valence-corrected chi connectivity index (χ1v) is 31.6. The number of carbonyl (C=O) groups excluding carboxylic acids is 3. The summed E-state index contributed by atoms with van der Waals surface area (Å²) in [7, 11) is -9.73. The number of phosphoric ester groups is 2. The molecular weight excluding hydrogens is 979 g/mol. The van der Waals surface area contributed by atoms with Gasteiger partial charge in [0.2, 0.25) is 0 Å². The Morgan fingerprint density at radius 3 is 1.04 bits per heavy atom. The number of rotatable bonds is 55. The Morgan fingerprint density at radius 2 is 0.658 bits per heavy atom. The van der Waals surface area contributed by atoms with Crippen molar-refractivity contribution in [2.24, 2.45) is 0 Å². The van der Waals surface area contributed by atoms with Crippen molar-refractivity contribution in [1.29, 1.82) is 0 Å². The quantitative estimate of drug-likeness (QED) is 0.0146. The number of unbranched alkanes of at least 4 members (excludes halogenated alkanes) is 28.